The summed E-state index contributed by atoms with van der Waals surface area (Å²) >= 11 is 1.44. The first-order valence-corrected chi connectivity index (χ1v) is 6.06. The van der Waals surface area contributed by atoms with E-state index in [2.05, 4.69) is 0 Å². The van der Waals surface area contributed by atoms with E-state index in [4.69, 9.17) is 4.74 Å². The van der Waals surface area contributed by atoms with Crippen molar-refractivity contribution in [2.45, 2.75) is 0 Å². The van der Waals surface area contributed by atoms with Crippen LogP contribution in [0.4, 0.5) is 5.69 Å². The summed E-state index contributed by atoms with van der Waals surface area (Å²) in [6, 6.07) is 11.2. The fraction of sp³-hybridized carbons (Fsp3) is 0.154. The summed E-state index contributed by atoms with van der Waals surface area (Å²) in [4.78, 5) is 14.5. The second-order valence-corrected chi connectivity index (χ2v) is 4.46. The number of carbonyl (C=O) groups is 1. The molecule has 0 saturated heterocycles. The smallest absolute Gasteiger partial charge is 0.268 e. The summed E-state index contributed by atoms with van der Waals surface area (Å²) in [7, 11) is 3.35. The molecule has 17 heavy (non-hydrogen) atoms. The first kappa shape index (κ1) is 11.7. The van der Waals surface area contributed by atoms with E-state index in [0.29, 0.717) is 5.75 Å². The number of para-hydroxylation sites is 2. The predicted octanol–water partition coefficient (Wildman–Crippen LogP) is 3.03. The topological polar surface area (TPSA) is 29.5 Å². The Morgan fingerprint density at radius 2 is 2.00 bits per heavy atom. The number of thiophene rings is 1. The highest BCUT2D eigenvalue weighted by Gasteiger charge is 2.16. The number of methoxy groups -OCH3 is 1. The van der Waals surface area contributed by atoms with E-state index in [1.54, 1.807) is 19.1 Å². The van der Waals surface area contributed by atoms with Gasteiger partial charge in [-0.1, -0.05) is 18.2 Å². The fourth-order valence-electron chi connectivity index (χ4n) is 1.58. The quantitative estimate of drug-likeness (QED) is 0.834. The lowest BCUT2D eigenvalue weighted by atomic mass is 10.2. The van der Waals surface area contributed by atoms with Crippen molar-refractivity contribution in [1.82, 2.24) is 0 Å². The molecule has 0 aliphatic heterocycles. The molecule has 0 radical (unpaired) electrons. The van der Waals surface area contributed by atoms with Crippen LogP contribution in [0.1, 0.15) is 9.67 Å². The molecule has 0 unspecified atom stereocenters. The molecule has 88 valence electrons. The van der Waals surface area contributed by atoms with Gasteiger partial charge in [0.15, 0.2) is 0 Å². The van der Waals surface area contributed by atoms with E-state index >= 15 is 0 Å². The highest BCUT2D eigenvalue weighted by atomic mass is 32.1. The van der Waals surface area contributed by atoms with Crippen LogP contribution in [0.25, 0.3) is 0 Å². The average molecular weight is 247 g/mol. The Hall–Kier alpha value is -1.81. The number of benzene rings is 1. The summed E-state index contributed by atoms with van der Waals surface area (Å²) in [5.41, 5.74) is 0.772. The molecule has 0 atom stereocenters. The Balaban J connectivity index is 2.31. The molecule has 1 heterocycles. The second-order valence-electron chi connectivity index (χ2n) is 3.51. The monoisotopic (exact) mass is 247 g/mol. The van der Waals surface area contributed by atoms with E-state index in [1.807, 2.05) is 41.8 Å². The van der Waals surface area contributed by atoms with Crippen molar-refractivity contribution >= 4 is 22.9 Å². The minimum Gasteiger partial charge on any atom is -0.495 e. The largest absolute Gasteiger partial charge is 0.495 e. The van der Waals surface area contributed by atoms with Crippen LogP contribution in [-0.2, 0) is 0 Å². The Morgan fingerprint density at radius 1 is 1.24 bits per heavy atom. The van der Waals surface area contributed by atoms with Gasteiger partial charge in [0.25, 0.3) is 5.91 Å². The maximum absolute atomic E-state index is 12.2. The lowest BCUT2D eigenvalue weighted by Crippen LogP contribution is -2.25. The van der Waals surface area contributed by atoms with Gasteiger partial charge < -0.3 is 9.64 Å². The lowest BCUT2D eigenvalue weighted by Gasteiger charge is -2.19. The van der Waals surface area contributed by atoms with Crippen molar-refractivity contribution in [1.29, 1.82) is 0 Å². The van der Waals surface area contributed by atoms with Crippen molar-refractivity contribution in [3.05, 3.63) is 46.7 Å². The van der Waals surface area contributed by atoms with Crippen molar-refractivity contribution < 1.29 is 9.53 Å². The lowest BCUT2D eigenvalue weighted by molar-refractivity contribution is 0.0996. The first-order valence-electron chi connectivity index (χ1n) is 5.18. The van der Waals surface area contributed by atoms with E-state index < -0.39 is 0 Å². The molecule has 3 nitrogen and oxygen atoms in total. The number of nitrogens with zero attached hydrogens (tertiary/aromatic N) is 1. The molecule has 1 aromatic heterocycles. The number of hydrogen-bond donors (Lipinski definition) is 0. The fourth-order valence-corrected chi connectivity index (χ4v) is 2.28. The zero-order valence-electron chi connectivity index (χ0n) is 9.71. The zero-order valence-corrected chi connectivity index (χ0v) is 10.5. The number of anilines is 1. The number of hydrogen-bond acceptors (Lipinski definition) is 3. The highest BCUT2D eigenvalue weighted by molar-refractivity contribution is 7.12. The molecule has 2 rings (SSSR count). The minimum atomic E-state index is -0.0236. The molecule has 4 heteroatoms. The molecular formula is C13H13NO2S. The Kier molecular flexibility index (Phi) is 3.44. The van der Waals surface area contributed by atoms with Crippen LogP contribution < -0.4 is 9.64 Å². The third kappa shape index (κ3) is 2.31. The average Bonchev–Trinajstić information content (AvgIpc) is 2.90. The van der Waals surface area contributed by atoms with Gasteiger partial charge in [0, 0.05) is 7.05 Å². The molecule has 1 amide bonds. The van der Waals surface area contributed by atoms with Crippen LogP contribution in [0.2, 0.25) is 0 Å². The van der Waals surface area contributed by atoms with Crippen LogP contribution in [-0.4, -0.2) is 20.1 Å². The van der Waals surface area contributed by atoms with E-state index in [0.717, 1.165) is 10.6 Å². The van der Waals surface area contributed by atoms with Crippen molar-refractivity contribution in [2.24, 2.45) is 0 Å². The van der Waals surface area contributed by atoms with Gasteiger partial charge in [0.05, 0.1) is 17.7 Å². The van der Waals surface area contributed by atoms with Crippen LogP contribution in [0.3, 0.4) is 0 Å². The molecule has 0 fully saturated rings. The van der Waals surface area contributed by atoms with Gasteiger partial charge in [-0.3, -0.25) is 4.79 Å². The molecule has 0 bridgehead atoms. The molecule has 2 aromatic rings. The van der Waals surface area contributed by atoms with Gasteiger partial charge in [-0.05, 0) is 23.6 Å². The Bertz CT molecular complexity index is 508. The van der Waals surface area contributed by atoms with Crippen LogP contribution in [0.5, 0.6) is 5.75 Å². The standard InChI is InChI=1S/C13H13NO2S/c1-14(13(15)12-8-5-9-17-12)10-6-3-4-7-11(10)16-2/h3-9H,1-2H3. The van der Waals surface area contributed by atoms with Crippen LogP contribution in [0, 0.1) is 0 Å². The minimum absolute atomic E-state index is 0.0236. The van der Waals surface area contributed by atoms with E-state index in [1.165, 1.54) is 11.3 Å². The number of rotatable bonds is 3. The maximum atomic E-state index is 12.2. The first-order chi connectivity index (χ1) is 8.24. The Labute approximate surface area is 104 Å². The predicted molar refractivity (Wildman–Crippen MR) is 70.0 cm³/mol. The number of amides is 1. The molecule has 0 aliphatic rings. The summed E-state index contributed by atoms with van der Waals surface area (Å²) in [6.45, 7) is 0. The molecule has 0 spiro atoms. The van der Waals surface area contributed by atoms with Gasteiger partial charge in [0.2, 0.25) is 0 Å². The molecule has 0 saturated carbocycles. The molecule has 0 N–H and O–H groups in total. The van der Waals surface area contributed by atoms with Gasteiger partial charge in [-0.2, -0.15) is 0 Å². The molecule has 0 aliphatic carbocycles. The van der Waals surface area contributed by atoms with E-state index in [9.17, 15) is 4.79 Å². The maximum Gasteiger partial charge on any atom is 0.268 e. The Morgan fingerprint density at radius 3 is 2.65 bits per heavy atom. The third-order valence-electron chi connectivity index (χ3n) is 2.48. The van der Waals surface area contributed by atoms with Gasteiger partial charge in [-0.25, -0.2) is 0 Å². The highest BCUT2D eigenvalue weighted by Crippen LogP contribution is 2.28. The zero-order chi connectivity index (χ0) is 12.3. The second kappa shape index (κ2) is 5.01. The van der Waals surface area contributed by atoms with Gasteiger partial charge in [0.1, 0.15) is 5.75 Å². The van der Waals surface area contributed by atoms with Crippen LogP contribution >= 0.6 is 11.3 Å². The normalized spacial score (nSPS) is 10.0. The number of ether oxygens (including phenoxy) is 1. The van der Waals surface area contributed by atoms with Crippen LogP contribution in [0.15, 0.2) is 41.8 Å². The van der Waals surface area contributed by atoms with Crippen molar-refractivity contribution in [3.8, 4) is 5.75 Å². The van der Waals surface area contributed by atoms with E-state index in [-0.39, 0.29) is 5.91 Å². The SMILES string of the molecule is COc1ccccc1N(C)C(=O)c1cccs1. The van der Waals surface area contributed by atoms with Gasteiger partial charge in [-0.15, -0.1) is 11.3 Å². The summed E-state index contributed by atoms with van der Waals surface area (Å²) in [5, 5.41) is 1.89. The van der Waals surface area contributed by atoms with Gasteiger partial charge >= 0.3 is 0 Å². The summed E-state index contributed by atoms with van der Waals surface area (Å²) < 4.78 is 5.24. The molecular weight excluding hydrogens is 234 g/mol. The summed E-state index contributed by atoms with van der Waals surface area (Å²) in [6.07, 6.45) is 0. The van der Waals surface area contributed by atoms with Crippen molar-refractivity contribution in [3.63, 3.8) is 0 Å². The number of carbonyl (C=O) groups excluding carboxylic acids is 1. The summed E-state index contributed by atoms with van der Waals surface area (Å²) in [5.74, 6) is 0.671. The third-order valence-corrected chi connectivity index (χ3v) is 3.34. The van der Waals surface area contributed by atoms with Crippen molar-refractivity contribution in [2.75, 3.05) is 19.1 Å². The molecule has 1 aromatic carbocycles.